The molecule has 8 nitrogen and oxygen atoms in total. The highest BCUT2D eigenvalue weighted by molar-refractivity contribution is 14.1. The van der Waals surface area contributed by atoms with E-state index in [-0.39, 0.29) is 13.2 Å². The number of ether oxygens (including phenoxy) is 2. The van der Waals surface area contributed by atoms with Gasteiger partial charge < -0.3 is 25.6 Å². The van der Waals surface area contributed by atoms with Gasteiger partial charge in [0.25, 0.3) is 0 Å². The average Bonchev–Trinajstić information content (AvgIpc) is 2.67. The molecule has 0 bridgehead atoms. The van der Waals surface area contributed by atoms with Crippen molar-refractivity contribution in [1.29, 1.82) is 0 Å². The molecule has 166 valence electrons. The summed E-state index contributed by atoms with van der Waals surface area (Å²) in [7, 11) is 0. The number of nitrogens with one attached hydrogen (secondary N) is 1. The van der Waals surface area contributed by atoms with E-state index in [9.17, 15) is 22.8 Å². The maximum atomic E-state index is 12.0. The minimum Gasteiger partial charge on any atom is -0.475 e. The van der Waals surface area contributed by atoms with Crippen LogP contribution < -0.4 is 11.1 Å². The summed E-state index contributed by atoms with van der Waals surface area (Å²) in [6.07, 6.45) is -5.08. The second-order valence-corrected chi connectivity index (χ2v) is 6.07. The molecular formula is C18H20F3IN2O6. The minimum absolute atomic E-state index is 0.0101. The van der Waals surface area contributed by atoms with E-state index < -0.39 is 36.1 Å². The number of aliphatic carboxylic acids is 1. The van der Waals surface area contributed by atoms with Crippen LogP contribution in [0.15, 0.2) is 30.3 Å². The minimum atomic E-state index is -5.08. The van der Waals surface area contributed by atoms with Crippen molar-refractivity contribution in [2.75, 3.05) is 13.2 Å². The number of alkyl halides is 3. The summed E-state index contributed by atoms with van der Waals surface area (Å²) < 4.78 is 44.8. The summed E-state index contributed by atoms with van der Waals surface area (Å²) in [4.78, 5) is 32.6. The van der Waals surface area contributed by atoms with E-state index in [4.69, 9.17) is 25.1 Å². The maximum absolute atomic E-state index is 12.0. The van der Waals surface area contributed by atoms with Crippen LogP contribution >= 0.6 is 22.6 Å². The quantitative estimate of drug-likeness (QED) is 0.258. The number of nitrogens with two attached hydrogens (primary N) is 1. The van der Waals surface area contributed by atoms with E-state index >= 15 is 0 Å². The third-order valence-corrected chi connectivity index (χ3v) is 3.39. The Balaban J connectivity index is 0.00000103. The molecule has 1 aromatic carbocycles. The Bertz CT molecular complexity index is 748. The molecule has 0 fully saturated rings. The van der Waals surface area contributed by atoms with Gasteiger partial charge in [0.15, 0.2) is 12.6 Å². The van der Waals surface area contributed by atoms with Gasteiger partial charge in [-0.1, -0.05) is 36.3 Å². The fourth-order valence-electron chi connectivity index (χ4n) is 1.58. The smallest absolute Gasteiger partial charge is 0.475 e. The summed E-state index contributed by atoms with van der Waals surface area (Å²) in [6.45, 7) is 1.81. The summed E-state index contributed by atoms with van der Waals surface area (Å²) in [6, 6.07) is 7.85. The van der Waals surface area contributed by atoms with Crippen LogP contribution in [0.25, 0.3) is 0 Å². The Morgan fingerprint density at radius 2 is 1.83 bits per heavy atom. The highest BCUT2D eigenvalue weighted by Gasteiger charge is 2.38. The van der Waals surface area contributed by atoms with Crippen molar-refractivity contribution in [3.8, 4) is 9.85 Å². The zero-order valence-corrected chi connectivity index (χ0v) is 17.9. The number of carboxylic acids is 1. The van der Waals surface area contributed by atoms with Crippen LogP contribution in [-0.2, 0) is 30.5 Å². The Morgan fingerprint density at radius 1 is 1.27 bits per heavy atom. The van der Waals surface area contributed by atoms with Crippen LogP contribution in [0.5, 0.6) is 0 Å². The number of carbonyl (C=O) groups is 3. The van der Waals surface area contributed by atoms with Gasteiger partial charge in [-0.05, 0) is 16.4 Å². The predicted octanol–water partition coefficient (Wildman–Crippen LogP) is 1.61. The van der Waals surface area contributed by atoms with Gasteiger partial charge in [-0.15, -0.1) is 0 Å². The molecule has 0 spiro atoms. The van der Waals surface area contributed by atoms with E-state index in [2.05, 4.69) is 15.2 Å². The van der Waals surface area contributed by atoms with E-state index in [0.717, 1.165) is 5.56 Å². The van der Waals surface area contributed by atoms with Gasteiger partial charge in [0.2, 0.25) is 5.91 Å². The number of hydrogen-bond acceptors (Lipinski definition) is 6. The van der Waals surface area contributed by atoms with Gasteiger partial charge in [0, 0.05) is 22.6 Å². The van der Waals surface area contributed by atoms with Gasteiger partial charge in [0.1, 0.15) is 0 Å². The molecule has 30 heavy (non-hydrogen) atoms. The van der Waals surface area contributed by atoms with E-state index in [0.29, 0.717) is 6.61 Å². The van der Waals surface area contributed by atoms with Gasteiger partial charge in [-0.2, -0.15) is 13.2 Å². The monoisotopic (exact) mass is 544 g/mol. The first kappa shape index (κ1) is 27.6. The molecule has 2 atom stereocenters. The molecule has 1 rings (SSSR count). The highest BCUT2D eigenvalue weighted by atomic mass is 127. The molecule has 0 saturated heterocycles. The second-order valence-electron chi connectivity index (χ2n) is 5.53. The van der Waals surface area contributed by atoms with Crippen molar-refractivity contribution in [2.45, 2.75) is 31.8 Å². The van der Waals surface area contributed by atoms with Crippen molar-refractivity contribution < 1.29 is 42.1 Å². The van der Waals surface area contributed by atoms with Crippen LogP contribution in [0.4, 0.5) is 13.2 Å². The zero-order valence-electron chi connectivity index (χ0n) is 15.7. The molecule has 0 aliphatic carbocycles. The summed E-state index contributed by atoms with van der Waals surface area (Å²) in [5, 5.41) is 9.64. The first-order chi connectivity index (χ1) is 14.0. The maximum Gasteiger partial charge on any atom is 0.490 e. The van der Waals surface area contributed by atoms with Gasteiger partial charge in [0.05, 0.1) is 19.3 Å². The third-order valence-electron chi connectivity index (χ3n) is 3.01. The number of carbonyl (C=O) groups excluding carboxylic acids is 2. The topological polar surface area (TPSA) is 128 Å². The second kappa shape index (κ2) is 14.6. The highest BCUT2D eigenvalue weighted by Crippen LogP contribution is 2.13. The van der Waals surface area contributed by atoms with Crippen molar-refractivity contribution in [2.24, 2.45) is 5.73 Å². The Labute approximate surface area is 184 Å². The SMILES string of the molecule is C[C@H](N)C(=O)N[C@@H](COCc1ccccc1)C(=O)OCC#CI.O=C(O)C(F)(F)F. The van der Waals surface area contributed by atoms with Crippen molar-refractivity contribution in [3.63, 3.8) is 0 Å². The molecule has 0 aromatic heterocycles. The zero-order chi connectivity index (χ0) is 23.2. The first-order valence-corrected chi connectivity index (χ1v) is 9.29. The molecule has 4 N–H and O–H groups in total. The summed E-state index contributed by atoms with van der Waals surface area (Å²) >= 11 is 1.85. The van der Waals surface area contributed by atoms with E-state index in [1.54, 1.807) is 0 Å². The molecule has 0 unspecified atom stereocenters. The number of benzene rings is 1. The number of amides is 1. The molecule has 0 heterocycles. The molecule has 0 radical (unpaired) electrons. The van der Waals surface area contributed by atoms with Gasteiger partial charge in [-0.25, -0.2) is 9.59 Å². The number of rotatable bonds is 8. The summed E-state index contributed by atoms with van der Waals surface area (Å²) in [5.41, 5.74) is 6.46. The normalized spacial score (nSPS) is 12.2. The standard InChI is InChI=1S/C16H19IN2O4.C2HF3O2/c1-12(18)15(20)19-14(16(21)23-9-5-8-17)11-22-10-13-6-3-2-4-7-13;3-2(4,5)1(6)7/h2-4,6-7,12,14H,9-11,18H2,1H3,(H,19,20);(H,6,7)/t12-,14-;/m0./s1. The molecule has 12 heteroatoms. The average molecular weight is 544 g/mol. The lowest BCUT2D eigenvalue weighted by Crippen LogP contribution is -2.50. The Hall–Kier alpha value is -2.37. The van der Waals surface area contributed by atoms with Crippen molar-refractivity contribution in [1.82, 2.24) is 5.32 Å². The molecular weight excluding hydrogens is 524 g/mol. The molecule has 0 aliphatic rings. The lowest BCUT2D eigenvalue weighted by Gasteiger charge is -2.18. The lowest BCUT2D eigenvalue weighted by molar-refractivity contribution is -0.192. The van der Waals surface area contributed by atoms with Gasteiger partial charge in [-0.3, -0.25) is 4.79 Å². The largest absolute Gasteiger partial charge is 0.490 e. The van der Waals surface area contributed by atoms with Gasteiger partial charge >= 0.3 is 18.1 Å². The molecule has 1 amide bonds. The number of carboxylic acid groups (broad SMARTS) is 1. The first-order valence-electron chi connectivity index (χ1n) is 8.21. The molecule has 0 aliphatic heterocycles. The van der Waals surface area contributed by atoms with Crippen molar-refractivity contribution in [3.05, 3.63) is 35.9 Å². The van der Waals surface area contributed by atoms with Crippen LogP contribution in [0, 0.1) is 9.85 Å². The van der Waals surface area contributed by atoms with E-state index in [1.807, 2.05) is 52.9 Å². The Morgan fingerprint density at radius 3 is 2.30 bits per heavy atom. The molecule has 1 aromatic rings. The third kappa shape index (κ3) is 13.0. The number of hydrogen-bond donors (Lipinski definition) is 3. The molecule has 0 saturated carbocycles. The summed E-state index contributed by atoms with van der Waals surface area (Å²) in [5.74, 6) is -1.20. The fraction of sp³-hybridized carbons (Fsp3) is 0.389. The van der Waals surface area contributed by atoms with Crippen LogP contribution in [0.2, 0.25) is 0 Å². The fourth-order valence-corrected chi connectivity index (χ4v) is 1.73. The number of esters is 1. The van der Waals surface area contributed by atoms with Crippen molar-refractivity contribution >= 4 is 40.4 Å². The Kier molecular flexibility index (Phi) is 13.4. The number of halogens is 4. The van der Waals surface area contributed by atoms with Crippen LogP contribution in [0.3, 0.4) is 0 Å². The van der Waals surface area contributed by atoms with Crippen LogP contribution in [-0.4, -0.2) is 54.4 Å². The van der Waals surface area contributed by atoms with E-state index in [1.165, 1.54) is 6.92 Å². The van der Waals surface area contributed by atoms with Crippen LogP contribution in [0.1, 0.15) is 12.5 Å². The predicted molar refractivity (Wildman–Crippen MR) is 108 cm³/mol. The lowest BCUT2D eigenvalue weighted by atomic mass is 10.2.